The van der Waals surface area contributed by atoms with Crippen molar-refractivity contribution in [3.8, 4) is 0 Å². The molecule has 1 unspecified atom stereocenters. The van der Waals surface area contributed by atoms with E-state index in [2.05, 4.69) is 37.2 Å². The van der Waals surface area contributed by atoms with Crippen LogP contribution in [0, 0.1) is 12.8 Å². The zero-order valence-electron chi connectivity index (χ0n) is 9.89. The number of halogens is 2. The van der Waals surface area contributed by atoms with Crippen LogP contribution in [0.3, 0.4) is 0 Å². The third-order valence-electron chi connectivity index (χ3n) is 2.48. The molecule has 0 aliphatic rings. The Kier molecular flexibility index (Phi) is 5.62. The van der Waals surface area contributed by atoms with Gasteiger partial charge in [-0.3, -0.25) is 4.79 Å². The van der Waals surface area contributed by atoms with Gasteiger partial charge < -0.3 is 11.1 Å². The Labute approximate surface area is 118 Å². The van der Waals surface area contributed by atoms with Crippen molar-refractivity contribution in [2.24, 2.45) is 11.7 Å². The highest BCUT2D eigenvalue weighted by Crippen LogP contribution is 2.32. The van der Waals surface area contributed by atoms with Crippen molar-refractivity contribution in [1.29, 1.82) is 0 Å². The topological polar surface area (TPSA) is 55.1 Å². The number of benzene rings is 1. The van der Waals surface area contributed by atoms with Crippen molar-refractivity contribution in [3.63, 3.8) is 0 Å². The summed E-state index contributed by atoms with van der Waals surface area (Å²) in [6.07, 6.45) is 0.687. The lowest BCUT2D eigenvalue weighted by Gasteiger charge is -2.14. The van der Waals surface area contributed by atoms with Gasteiger partial charge in [0.25, 0.3) is 0 Å². The second kappa shape index (κ2) is 6.52. The lowest BCUT2D eigenvalue weighted by Crippen LogP contribution is -2.23. The molecule has 0 saturated heterocycles. The molecule has 3 nitrogen and oxygen atoms in total. The molecule has 17 heavy (non-hydrogen) atoms. The molecule has 0 bridgehead atoms. The summed E-state index contributed by atoms with van der Waals surface area (Å²) in [6.45, 7) is 4.39. The normalized spacial score (nSPS) is 12.3. The van der Waals surface area contributed by atoms with E-state index in [4.69, 9.17) is 5.73 Å². The summed E-state index contributed by atoms with van der Waals surface area (Å²) < 4.78 is 1.75. The number of carbonyl (C=O) groups excluding carboxylic acids is 1. The largest absolute Gasteiger partial charge is 0.330 e. The number of nitrogens with two attached hydrogens (primary N) is 1. The van der Waals surface area contributed by atoms with Crippen LogP contribution in [0.5, 0.6) is 0 Å². The number of nitrogens with one attached hydrogen (secondary N) is 1. The van der Waals surface area contributed by atoms with Gasteiger partial charge in [-0.1, -0.05) is 6.92 Å². The Balaban J connectivity index is 2.85. The van der Waals surface area contributed by atoms with Crippen molar-refractivity contribution in [2.75, 3.05) is 11.9 Å². The lowest BCUT2D eigenvalue weighted by molar-refractivity contribution is -0.119. The minimum Gasteiger partial charge on any atom is -0.330 e. The quantitative estimate of drug-likeness (QED) is 0.860. The maximum absolute atomic E-state index is 11.9. The van der Waals surface area contributed by atoms with Crippen LogP contribution in [0.4, 0.5) is 5.69 Å². The molecular formula is C12H16Br2N2O. The predicted molar refractivity (Wildman–Crippen MR) is 78.0 cm³/mol. The number of anilines is 1. The van der Waals surface area contributed by atoms with Gasteiger partial charge in [-0.05, 0) is 69.4 Å². The molecule has 1 aromatic carbocycles. The summed E-state index contributed by atoms with van der Waals surface area (Å²) in [6, 6.07) is 3.93. The van der Waals surface area contributed by atoms with E-state index in [1.54, 1.807) is 0 Å². The van der Waals surface area contributed by atoms with Gasteiger partial charge in [0, 0.05) is 14.9 Å². The highest BCUT2D eigenvalue weighted by molar-refractivity contribution is 9.11. The van der Waals surface area contributed by atoms with E-state index in [0.29, 0.717) is 13.0 Å². The molecule has 0 spiro atoms. The summed E-state index contributed by atoms with van der Waals surface area (Å²) >= 11 is 6.89. The molecule has 5 heteroatoms. The first-order valence-electron chi connectivity index (χ1n) is 5.42. The average Bonchev–Trinajstić information content (AvgIpc) is 2.23. The van der Waals surface area contributed by atoms with Gasteiger partial charge in [0.2, 0.25) is 5.91 Å². The van der Waals surface area contributed by atoms with Crippen molar-refractivity contribution in [3.05, 3.63) is 26.6 Å². The van der Waals surface area contributed by atoms with Crippen LogP contribution in [0.25, 0.3) is 0 Å². The Bertz CT molecular complexity index is 398. The molecule has 0 aromatic heterocycles. The van der Waals surface area contributed by atoms with E-state index in [0.717, 1.165) is 20.2 Å². The van der Waals surface area contributed by atoms with Crippen LogP contribution in [-0.2, 0) is 4.79 Å². The van der Waals surface area contributed by atoms with Gasteiger partial charge in [0.05, 0.1) is 5.69 Å². The van der Waals surface area contributed by atoms with Crippen LogP contribution in [-0.4, -0.2) is 12.5 Å². The molecule has 0 aliphatic carbocycles. The first kappa shape index (κ1) is 14.7. The van der Waals surface area contributed by atoms with Crippen LogP contribution >= 0.6 is 31.9 Å². The highest BCUT2D eigenvalue weighted by atomic mass is 79.9. The summed E-state index contributed by atoms with van der Waals surface area (Å²) in [5.41, 5.74) is 7.33. The number of aryl methyl sites for hydroxylation is 1. The van der Waals surface area contributed by atoms with Gasteiger partial charge in [0.15, 0.2) is 0 Å². The van der Waals surface area contributed by atoms with Gasteiger partial charge in [-0.2, -0.15) is 0 Å². The van der Waals surface area contributed by atoms with E-state index < -0.39 is 0 Å². The van der Waals surface area contributed by atoms with Crippen molar-refractivity contribution in [2.45, 2.75) is 20.3 Å². The second-order valence-corrected chi connectivity index (χ2v) is 5.78. The van der Waals surface area contributed by atoms with Crippen molar-refractivity contribution < 1.29 is 4.79 Å². The molecule has 1 atom stereocenters. The zero-order chi connectivity index (χ0) is 13.0. The molecule has 1 aromatic rings. The predicted octanol–water partition coefficient (Wildman–Crippen LogP) is 3.44. The third kappa shape index (κ3) is 4.08. The zero-order valence-corrected chi connectivity index (χ0v) is 13.1. The molecule has 0 heterocycles. The molecule has 3 N–H and O–H groups in total. The number of hydrogen-bond donors (Lipinski definition) is 2. The van der Waals surface area contributed by atoms with E-state index in [1.807, 2.05) is 26.0 Å². The molecule has 1 amide bonds. The molecule has 0 saturated carbocycles. The molecular weight excluding hydrogens is 348 g/mol. The lowest BCUT2D eigenvalue weighted by atomic mass is 10.1. The highest BCUT2D eigenvalue weighted by Gasteiger charge is 2.15. The molecule has 94 valence electrons. The SMILES string of the molecule is Cc1cc(Br)c(NC(=O)C(C)CCN)c(Br)c1. The average molecular weight is 364 g/mol. The van der Waals surface area contributed by atoms with E-state index >= 15 is 0 Å². The fraction of sp³-hybridized carbons (Fsp3) is 0.417. The molecule has 0 aliphatic heterocycles. The Morgan fingerprint density at radius 2 is 1.94 bits per heavy atom. The van der Waals surface area contributed by atoms with Gasteiger partial charge in [-0.15, -0.1) is 0 Å². The monoisotopic (exact) mass is 362 g/mol. The molecule has 1 rings (SSSR count). The first-order chi connectivity index (χ1) is 7.95. The van der Waals surface area contributed by atoms with Crippen LogP contribution in [0.2, 0.25) is 0 Å². The fourth-order valence-electron chi connectivity index (χ4n) is 1.45. The van der Waals surface area contributed by atoms with Crippen molar-refractivity contribution >= 4 is 43.5 Å². The summed E-state index contributed by atoms with van der Waals surface area (Å²) in [4.78, 5) is 11.9. The Morgan fingerprint density at radius 3 is 2.41 bits per heavy atom. The number of hydrogen-bond acceptors (Lipinski definition) is 2. The third-order valence-corrected chi connectivity index (χ3v) is 3.73. The van der Waals surface area contributed by atoms with Crippen LogP contribution in [0.1, 0.15) is 18.9 Å². The summed E-state index contributed by atoms with van der Waals surface area (Å²) in [5, 5.41) is 2.90. The Hall–Kier alpha value is -0.390. The van der Waals surface area contributed by atoms with E-state index in [9.17, 15) is 4.79 Å². The second-order valence-electron chi connectivity index (χ2n) is 4.07. The molecule has 0 fully saturated rings. The van der Waals surface area contributed by atoms with Crippen LogP contribution < -0.4 is 11.1 Å². The van der Waals surface area contributed by atoms with Gasteiger partial charge in [0.1, 0.15) is 0 Å². The first-order valence-corrected chi connectivity index (χ1v) is 7.01. The molecule has 0 radical (unpaired) electrons. The maximum Gasteiger partial charge on any atom is 0.227 e. The fourth-order valence-corrected chi connectivity index (χ4v) is 3.06. The summed E-state index contributed by atoms with van der Waals surface area (Å²) in [7, 11) is 0. The summed E-state index contributed by atoms with van der Waals surface area (Å²) in [5.74, 6) is -0.0965. The van der Waals surface area contributed by atoms with Gasteiger partial charge >= 0.3 is 0 Å². The minimum absolute atomic E-state index is 0.0132. The van der Waals surface area contributed by atoms with Gasteiger partial charge in [-0.25, -0.2) is 0 Å². The van der Waals surface area contributed by atoms with E-state index in [-0.39, 0.29) is 11.8 Å². The number of carbonyl (C=O) groups is 1. The number of amides is 1. The standard InChI is InChI=1S/C12H16Br2N2O/c1-7-5-9(13)11(10(14)6-7)16-12(17)8(2)3-4-15/h5-6,8H,3-4,15H2,1-2H3,(H,16,17). The van der Waals surface area contributed by atoms with E-state index in [1.165, 1.54) is 0 Å². The van der Waals surface area contributed by atoms with Crippen LogP contribution in [0.15, 0.2) is 21.1 Å². The Morgan fingerprint density at radius 1 is 1.41 bits per heavy atom. The smallest absolute Gasteiger partial charge is 0.227 e. The number of rotatable bonds is 4. The van der Waals surface area contributed by atoms with Crippen molar-refractivity contribution in [1.82, 2.24) is 0 Å². The minimum atomic E-state index is -0.0832. The maximum atomic E-state index is 11.9.